The maximum absolute atomic E-state index is 14.0. The topological polar surface area (TPSA) is 46.3 Å². The zero-order valence-electron chi connectivity index (χ0n) is 10.9. The van der Waals surface area contributed by atoms with E-state index in [0.29, 0.717) is 10.5 Å². The third-order valence-electron chi connectivity index (χ3n) is 3.23. The van der Waals surface area contributed by atoms with Gasteiger partial charge in [-0.05, 0) is 30.1 Å². The number of ketones is 1. The van der Waals surface area contributed by atoms with Gasteiger partial charge in [0, 0.05) is 22.9 Å². The largest absolute Gasteiger partial charge is 0.310 e. The first kappa shape index (κ1) is 14.0. The molecule has 2 aromatic rings. The van der Waals surface area contributed by atoms with Gasteiger partial charge < -0.3 is 5.73 Å². The molecule has 0 bridgehead atoms. The van der Waals surface area contributed by atoms with Crippen molar-refractivity contribution in [2.24, 2.45) is 5.73 Å². The molecule has 6 heteroatoms. The summed E-state index contributed by atoms with van der Waals surface area (Å²) in [4.78, 5) is 12.8. The van der Waals surface area contributed by atoms with Crippen LogP contribution in [0.4, 0.5) is 14.5 Å². The van der Waals surface area contributed by atoms with Crippen molar-refractivity contribution in [2.75, 3.05) is 4.31 Å². The van der Waals surface area contributed by atoms with E-state index in [4.69, 9.17) is 5.73 Å². The van der Waals surface area contributed by atoms with Gasteiger partial charge in [0.05, 0.1) is 11.9 Å². The summed E-state index contributed by atoms with van der Waals surface area (Å²) in [6, 6.07) is 10.2. The number of halogens is 2. The molecule has 2 aromatic carbocycles. The van der Waals surface area contributed by atoms with E-state index in [0.717, 1.165) is 30.1 Å². The van der Waals surface area contributed by atoms with Crippen LogP contribution in [0.3, 0.4) is 0 Å². The number of Topliss-reactive ketones (excluding diaryl/α,β-unsaturated/α-hetero) is 1. The number of carbonyl (C=O) groups is 1. The normalized spacial score (nSPS) is 18.3. The summed E-state index contributed by atoms with van der Waals surface area (Å²) in [5.74, 6) is -1.24. The van der Waals surface area contributed by atoms with Gasteiger partial charge in [-0.3, -0.25) is 9.10 Å². The molecule has 21 heavy (non-hydrogen) atoms. The lowest BCUT2D eigenvalue weighted by Gasteiger charge is -2.27. The molecule has 0 saturated heterocycles. The molecule has 1 heterocycles. The zero-order valence-corrected chi connectivity index (χ0v) is 11.7. The maximum atomic E-state index is 14.0. The quantitative estimate of drug-likeness (QED) is 0.821. The third kappa shape index (κ3) is 2.64. The second kappa shape index (κ2) is 5.46. The van der Waals surface area contributed by atoms with Crippen molar-refractivity contribution in [3.63, 3.8) is 0 Å². The van der Waals surface area contributed by atoms with Gasteiger partial charge in [0.1, 0.15) is 11.6 Å². The van der Waals surface area contributed by atoms with E-state index in [2.05, 4.69) is 0 Å². The number of anilines is 1. The SMILES string of the molecule is NC1CC(=O)c2ccccc2SN1c1cc(F)ccc1F. The number of benzene rings is 2. The Morgan fingerprint density at radius 3 is 2.76 bits per heavy atom. The first-order chi connectivity index (χ1) is 10.1. The summed E-state index contributed by atoms with van der Waals surface area (Å²) in [5.41, 5.74) is 6.59. The fraction of sp³-hybridized carbons (Fsp3) is 0.133. The number of fused-ring (bicyclic) bond motifs is 1. The van der Waals surface area contributed by atoms with Crippen molar-refractivity contribution in [1.82, 2.24) is 0 Å². The first-order valence-corrected chi connectivity index (χ1v) is 7.13. The minimum absolute atomic E-state index is 0.0389. The molecule has 0 fully saturated rings. The fourth-order valence-electron chi connectivity index (χ4n) is 2.22. The Morgan fingerprint density at radius 1 is 1.19 bits per heavy atom. The highest BCUT2D eigenvalue weighted by molar-refractivity contribution is 8.00. The molecule has 3 rings (SSSR count). The molecule has 2 N–H and O–H groups in total. The van der Waals surface area contributed by atoms with Gasteiger partial charge in [-0.15, -0.1) is 0 Å². The van der Waals surface area contributed by atoms with E-state index < -0.39 is 17.8 Å². The van der Waals surface area contributed by atoms with Crippen LogP contribution < -0.4 is 10.0 Å². The van der Waals surface area contributed by atoms with Crippen LogP contribution in [-0.2, 0) is 0 Å². The second-order valence-corrected chi connectivity index (χ2v) is 5.72. The van der Waals surface area contributed by atoms with Crippen LogP contribution in [0.1, 0.15) is 16.8 Å². The Balaban J connectivity index is 2.07. The van der Waals surface area contributed by atoms with Gasteiger partial charge in [0.15, 0.2) is 5.78 Å². The van der Waals surface area contributed by atoms with Gasteiger partial charge in [-0.1, -0.05) is 18.2 Å². The number of nitrogens with zero attached hydrogens (tertiary/aromatic N) is 1. The summed E-state index contributed by atoms with van der Waals surface area (Å²) in [6.45, 7) is 0. The van der Waals surface area contributed by atoms with Crippen LogP contribution in [0.5, 0.6) is 0 Å². The molecule has 1 unspecified atom stereocenters. The zero-order chi connectivity index (χ0) is 15.0. The number of hydrogen-bond donors (Lipinski definition) is 1. The molecular weight excluding hydrogens is 294 g/mol. The average Bonchev–Trinajstić information content (AvgIpc) is 2.59. The molecule has 108 valence electrons. The lowest BCUT2D eigenvalue weighted by Crippen LogP contribution is -2.38. The summed E-state index contributed by atoms with van der Waals surface area (Å²) in [6.07, 6.45) is -0.689. The van der Waals surface area contributed by atoms with Crippen molar-refractivity contribution in [2.45, 2.75) is 17.5 Å². The van der Waals surface area contributed by atoms with Crippen LogP contribution in [0.2, 0.25) is 0 Å². The second-order valence-electron chi connectivity index (χ2n) is 4.70. The molecule has 0 spiro atoms. The number of nitrogens with two attached hydrogens (primary N) is 1. The average molecular weight is 306 g/mol. The monoisotopic (exact) mass is 306 g/mol. The molecule has 0 aromatic heterocycles. The Hall–Kier alpha value is -1.92. The van der Waals surface area contributed by atoms with Crippen molar-refractivity contribution >= 4 is 23.4 Å². The third-order valence-corrected chi connectivity index (χ3v) is 4.44. The van der Waals surface area contributed by atoms with Gasteiger partial charge in [0.25, 0.3) is 0 Å². The molecule has 0 aliphatic carbocycles. The van der Waals surface area contributed by atoms with Crippen LogP contribution in [0.15, 0.2) is 47.4 Å². The molecule has 0 radical (unpaired) electrons. The van der Waals surface area contributed by atoms with Crippen molar-refractivity contribution < 1.29 is 13.6 Å². The predicted octanol–water partition coefficient (Wildman–Crippen LogP) is 3.35. The highest BCUT2D eigenvalue weighted by Gasteiger charge is 2.28. The van der Waals surface area contributed by atoms with Crippen LogP contribution in [-0.4, -0.2) is 11.9 Å². The molecule has 0 saturated carbocycles. The minimum Gasteiger partial charge on any atom is -0.310 e. The summed E-state index contributed by atoms with van der Waals surface area (Å²) in [7, 11) is 0. The predicted molar refractivity (Wildman–Crippen MR) is 78.1 cm³/mol. The highest BCUT2D eigenvalue weighted by Crippen LogP contribution is 2.37. The summed E-state index contributed by atoms with van der Waals surface area (Å²) < 4.78 is 28.8. The smallest absolute Gasteiger partial charge is 0.167 e. The molecular formula is C15H12F2N2OS. The van der Waals surface area contributed by atoms with E-state index in [-0.39, 0.29) is 17.9 Å². The van der Waals surface area contributed by atoms with Crippen molar-refractivity contribution in [3.8, 4) is 0 Å². The summed E-state index contributed by atoms with van der Waals surface area (Å²) in [5, 5.41) is 0. The van der Waals surface area contributed by atoms with Crippen LogP contribution in [0.25, 0.3) is 0 Å². The molecule has 1 aliphatic rings. The van der Waals surface area contributed by atoms with Gasteiger partial charge >= 0.3 is 0 Å². The van der Waals surface area contributed by atoms with Crippen LogP contribution >= 0.6 is 11.9 Å². The van der Waals surface area contributed by atoms with E-state index in [1.165, 1.54) is 4.31 Å². The molecule has 1 aliphatic heterocycles. The van der Waals surface area contributed by atoms with Crippen molar-refractivity contribution in [3.05, 3.63) is 59.7 Å². The highest BCUT2D eigenvalue weighted by atomic mass is 32.2. The lowest BCUT2D eigenvalue weighted by molar-refractivity contribution is 0.0974. The van der Waals surface area contributed by atoms with Crippen LogP contribution in [0, 0.1) is 11.6 Å². The van der Waals surface area contributed by atoms with Gasteiger partial charge in [0.2, 0.25) is 0 Å². The summed E-state index contributed by atoms with van der Waals surface area (Å²) >= 11 is 1.15. The van der Waals surface area contributed by atoms with Gasteiger partial charge in [-0.25, -0.2) is 8.78 Å². The lowest BCUT2D eigenvalue weighted by atomic mass is 10.1. The van der Waals surface area contributed by atoms with E-state index in [9.17, 15) is 13.6 Å². The van der Waals surface area contributed by atoms with Gasteiger partial charge in [-0.2, -0.15) is 0 Å². The standard InChI is InChI=1S/C15H12F2N2OS/c16-9-5-6-11(17)12(7-9)19-15(18)8-13(20)10-3-1-2-4-14(10)21-19/h1-7,15H,8,18H2. The Labute approximate surface area is 124 Å². The van der Waals surface area contributed by atoms with E-state index in [1.54, 1.807) is 24.3 Å². The molecule has 0 amide bonds. The first-order valence-electron chi connectivity index (χ1n) is 6.36. The fourth-order valence-corrected chi connectivity index (χ4v) is 3.30. The van der Waals surface area contributed by atoms with Crippen molar-refractivity contribution in [1.29, 1.82) is 0 Å². The molecule has 1 atom stereocenters. The Morgan fingerprint density at radius 2 is 1.95 bits per heavy atom. The molecule has 3 nitrogen and oxygen atoms in total. The number of rotatable bonds is 1. The Kier molecular flexibility index (Phi) is 3.65. The van der Waals surface area contributed by atoms with E-state index >= 15 is 0 Å². The minimum atomic E-state index is -0.730. The number of carbonyl (C=O) groups excluding carboxylic acids is 1. The maximum Gasteiger partial charge on any atom is 0.167 e. The van der Waals surface area contributed by atoms with E-state index in [1.807, 2.05) is 0 Å². The number of hydrogen-bond acceptors (Lipinski definition) is 4. The Bertz CT molecular complexity index is 708.